The zero-order valence-corrected chi connectivity index (χ0v) is 35.2. The third-order valence-electron chi connectivity index (χ3n) is 11.3. The van der Waals surface area contributed by atoms with Crippen LogP contribution in [-0.2, 0) is 25.3 Å². The Morgan fingerprint density at radius 3 is 2.45 bits per heavy atom. The fourth-order valence-electron chi connectivity index (χ4n) is 7.48. The summed E-state index contributed by atoms with van der Waals surface area (Å²) >= 11 is 6.91. The number of fused-ring (bicyclic) bond motifs is 1. The Bertz CT molecular complexity index is 2200. The molecule has 0 bridgehead atoms. The van der Waals surface area contributed by atoms with E-state index in [1.54, 1.807) is 26.2 Å². The van der Waals surface area contributed by atoms with Crippen LogP contribution in [0, 0.1) is 18.7 Å². The van der Waals surface area contributed by atoms with Crippen molar-refractivity contribution in [2.45, 2.75) is 111 Å². The van der Waals surface area contributed by atoms with Gasteiger partial charge in [-0.2, -0.15) is 0 Å². The number of rotatable bonds is 10. The molecule has 1 fully saturated rings. The van der Waals surface area contributed by atoms with E-state index in [0.29, 0.717) is 44.9 Å². The summed E-state index contributed by atoms with van der Waals surface area (Å²) in [6.07, 6.45) is 9.59. The first-order valence-electron chi connectivity index (χ1n) is 19.7. The largest absolute Gasteiger partial charge is 0.481 e. The van der Waals surface area contributed by atoms with Crippen molar-refractivity contribution in [2.75, 3.05) is 12.4 Å². The van der Waals surface area contributed by atoms with E-state index in [2.05, 4.69) is 38.3 Å². The van der Waals surface area contributed by atoms with Gasteiger partial charge in [0.25, 0.3) is 11.5 Å². The van der Waals surface area contributed by atoms with Gasteiger partial charge in [0.1, 0.15) is 11.4 Å². The maximum Gasteiger partial charge on any atom is 0.330 e. The molecule has 4 aromatic rings. The number of hydrogen-bond acceptors (Lipinski definition) is 6. The standard InChI is InChI=1S/C30H28ClFN4O4.C12H23NO.C2H6/c1-15-9-10-17-13-23(34-28(40-5)24(15)17)18-7-6-8-19(26(18)31)25-16(2)22(12-11-21(25)32)33-27(37)20-14-35(3)30(39)36(4)29(20)38;1-4-10(3)6-8-12(5-2)9-7-11(14)13-12;1-2/h6-8,11-15H,9-10H2,1-5H3,(H,33,37);10H,4-9H2,1-3H3,(H,13,14);1-2H3. The maximum atomic E-state index is 15.3. The summed E-state index contributed by atoms with van der Waals surface area (Å²) < 4.78 is 23.0. The molecule has 0 radical (unpaired) electrons. The summed E-state index contributed by atoms with van der Waals surface area (Å²) in [7, 11) is 4.34. The number of aryl methyl sites for hydroxylation is 2. The van der Waals surface area contributed by atoms with E-state index in [9.17, 15) is 19.2 Å². The second kappa shape index (κ2) is 18.9. The minimum absolute atomic E-state index is 0.139. The third-order valence-corrected chi connectivity index (χ3v) is 11.7. The van der Waals surface area contributed by atoms with Crippen molar-refractivity contribution in [3.63, 3.8) is 0 Å². The van der Waals surface area contributed by atoms with Crippen LogP contribution < -0.4 is 26.6 Å². The van der Waals surface area contributed by atoms with Gasteiger partial charge in [-0.15, -0.1) is 0 Å². The number of hydrogen-bond donors (Lipinski definition) is 2. The number of nitrogens with one attached hydrogen (secondary N) is 2. The molecule has 2 aliphatic rings. The van der Waals surface area contributed by atoms with Gasteiger partial charge in [0.2, 0.25) is 11.8 Å². The first kappa shape index (κ1) is 44.0. The monoisotopic (exact) mass is 789 g/mol. The number of pyridine rings is 1. The van der Waals surface area contributed by atoms with Gasteiger partial charge in [0.15, 0.2) is 0 Å². The molecule has 1 saturated heterocycles. The van der Waals surface area contributed by atoms with Gasteiger partial charge in [-0.25, -0.2) is 14.2 Å². The van der Waals surface area contributed by atoms with E-state index in [1.807, 2.05) is 26.0 Å². The fourth-order valence-corrected chi connectivity index (χ4v) is 7.79. The van der Waals surface area contributed by atoms with E-state index in [1.165, 1.54) is 45.3 Å². The highest BCUT2D eigenvalue weighted by Crippen LogP contribution is 2.44. The summed E-state index contributed by atoms with van der Waals surface area (Å²) in [5.41, 5.74) is 3.51. The van der Waals surface area contributed by atoms with Crippen molar-refractivity contribution in [3.8, 4) is 28.3 Å². The van der Waals surface area contributed by atoms with Crippen molar-refractivity contribution in [2.24, 2.45) is 20.0 Å². The van der Waals surface area contributed by atoms with Crippen molar-refractivity contribution in [3.05, 3.63) is 96.5 Å². The lowest BCUT2D eigenvalue weighted by Crippen LogP contribution is -2.41. The molecule has 1 aliphatic carbocycles. The number of anilines is 1. The van der Waals surface area contributed by atoms with E-state index in [4.69, 9.17) is 21.3 Å². The Hall–Kier alpha value is -4.77. The number of benzene rings is 2. The van der Waals surface area contributed by atoms with Gasteiger partial charge in [-0.1, -0.05) is 77.8 Å². The number of ether oxygens (including phenoxy) is 1. The number of carbonyl (C=O) groups excluding carboxylic acids is 2. The predicted molar refractivity (Wildman–Crippen MR) is 223 cm³/mol. The lowest BCUT2D eigenvalue weighted by molar-refractivity contribution is -0.119. The molecule has 10 nitrogen and oxygen atoms in total. The van der Waals surface area contributed by atoms with Crippen LogP contribution in [0.2, 0.25) is 5.02 Å². The number of methoxy groups -OCH3 is 1. The van der Waals surface area contributed by atoms with Gasteiger partial charge < -0.3 is 19.9 Å². The third kappa shape index (κ3) is 9.26. The predicted octanol–water partition coefficient (Wildman–Crippen LogP) is 9.12. The highest BCUT2D eigenvalue weighted by molar-refractivity contribution is 6.36. The molecule has 12 heteroatoms. The molecule has 3 unspecified atom stereocenters. The zero-order valence-electron chi connectivity index (χ0n) is 34.5. The molecule has 2 N–H and O–H groups in total. The fraction of sp³-hybridized carbons (Fsp3) is 0.477. The molecule has 2 aromatic heterocycles. The molecular weight excluding hydrogens is 733 g/mol. The summed E-state index contributed by atoms with van der Waals surface area (Å²) in [4.78, 5) is 53.5. The van der Waals surface area contributed by atoms with Crippen LogP contribution in [-0.4, -0.2) is 38.6 Å². The Kier molecular flexibility index (Phi) is 14.8. The molecule has 1 aliphatic heterocycles. The quantitative estimate of drug-likeness (QED) is 0.165. The second-order valence-electron chi connectivity index (χ2n) is 14.8. The molecule has 6 rings (SSSR count). The van der Waals surface area contributed by atoms with Crippen LogP contribution in [0.15, 0.2) is 52.2 Å². The van der Waals surface area contributed by atoms with Gasteiger partial charge in [-0.05, 0) is 86.6 Å². The topological polar surface area (TPSA) is 124 Å². The number of aromatic nitrogens is 3. The summed E-state index contributed by atoms with van der Waals surface area (Å²) in [5, 5.41) is 6.15. The van der Waals surface area contributed by atoms with Crippen LogP contribution in [0.1, 0.15) is 119 Å². The molecule has 302 valence electrons. The normalized spacial score (nSPS) is 17.5. The highest BCUT2D eigenvalue weighted by Gasteiger charge is 2.35. The summed E-state index contributed by atoms with van der Waals surface area (Å²) in [5.74, 6) is 0.702. The Morgan fingerprint density at radius 2 is 1.82 bits per heavy atom. The first-order valence-corrected chi connectivity index (χ1v) is 20.1. The molecule has 3 heterocycles. The molecule has 2 aromatic carbocycles. The van der Waals surface area contributed by atoms with Crippen LogP contribution in [0.5, 0.6) is 5.88 Å². The second-order valence-corrected chi connectivity index (χ2v) is 15.2. The van der Waals surface area contributed by atoms with Gasteiger partial charge in [0, 0.05) is 60.2 Å². The van der Waals surface area contributed by atoms with Gasteiger partial charge in [-0.3, -0.25) is 19.0 Å². The van der Waals surface area contributed by atoms with Crippen molar-refractivity contribution in [1.29, 1.82) is 0 Å². The van der Waals surface area contributed by atoms with Gasteiger partial charge >= 0.3 is 5.69 Å². The minimum atomic E-state index is -0.733. The van der Waals surface area contributed by atoms with E-state index < -0.39 is 23.0 Å². The Morgan fingerprint density at radius 1 is 1.12 bits per heavy atom. The number of carbonyl (C=O) groups is 2. The average Bonchev–Trinajstić information content (AvgIpc) is 3.78. The first-order chi connectivity index (χ1) is 26.6. The summed E-state index contributed by atoms with van der Waals surface area (Å²) in [6, 6.07) is 9.98. The van der Waals surface area contributed by atoms with Gasteiger partial charge in [0.05, 0.1) is 17.8 Å². The van der Waals surface area contributed by atoms with Crippen LogP contribution >= 0.6 is 11.6 Å². The van der Waals surface area contributed by atoms with Crippen LogP contribution in [0.3, 0.4) is 0 Å². The highest BCUT2D eigenvalue weighted by atomic mass is 35.5. The molecule has 0 spiro atoms. The average molecular weight is 790 g/mol. The van der Waals surface area contributed by atoms with Crippen molar-refractivity contribution in [1.82, 2.24) is 19.4 Å². The lowest BCUT2D eigenvalue weighted by Gasteiger charge is -2.28. The number of amides is 2. The molecule has 2 amide bonds. The van der Waals surface area contributed by atoms with Crippen molar-refractivity contribution < 1.29 is 18.7 Å². The number of nitrogens with zero attached hydrogens (tertiary/aromatic N) is 3. The van der Waals surface area contributed by atoms with E-state index in [-0.39, 0.29) is 22.6 Å². The SMILES string of the molecule is CC.CCC(C)CCC1(CC)CCC(=O)N1.COc1nc(-c2cccc(-c3c(F)ccc(NC(=O)c4cn(C)c(=O)n(C)c4=O)c3C)c2Cl)cc2c1C(C)CC2. The minimum Gasteiger partial charge on any atom is -0.481 e. The molecular formula is C44H57ClFN5O5. The summed E-state index contributed by atoms with van der Waals surface area (Å²) in [6.45, 7) is 14.5. The van der Waals surface area contributed by atoms with E-state index >= 15 is 4.39 Å². The Labute approximate surface area is 334 Å². The smallest absolute Gasteiger partial charge is 0.330 e. The van der Waals surface area contributed by atoms with E-state index in [0.717, 1.165) is 64.7 Å². The van der Waals surface area contributed by atoms with Crippen molar-refractivity contribution >= 4 is 29.1 Å². The lowest BCUT2D eigenvalue weighted by atomic mass is 9.85. The Balaban J connectivity index is 0.000000366. The number of halogens is 2. The maximum absolute atomic E-state index is 15.3. The molecule has 56 heavy (non-hydrogen) atoms. The molecule has 3 atom stereocenters. The van der Waals surface area contributed by atoms with Crippen LogP contribution in [0.25, 0.3) is 22.4 Å². The van der Waals surface area contributed by atoms with Crippen LogP contribution in [0.4, 0.5) is 10.1 Å². The zero-order chi connectivity index (χ0) is 41.5. The molecule has 0 saturated carbocycles.